The molecule has 18 heavy (non-hydrogen) atoms. The molecular formula is C14H9F2O2-. The summed E-state index contributed by atoms with van der Waals surface area (Å²) in [6, 6.07) is 7.72. The van der Waals surface area contributed by atoms with Crippen molar-refractivity contribution in [2.24, 2.45) is 0 Å². The number of carboxylic acid groups (broad SMARTS) is 1. The van der Waals surface area contributed by atoms with Crippen molar-refractivity contribution in [2.45, 2.75) is 6.92 Å². The first-order valence-corrected chi connectivity index (χ1v) is 5.26. The minimum atomic E-state index is -1.45. The fourth-order valence-electron chi connectivity index (χ4n) is 1.64. The van der Waals surface area contributed by atoms with Crippen molar-refractivity contribution in [3.8, 4) is 11.1 Å². The number of hydrogen-bond donors (Lipinski definition) is 0. The highest BCUT2D eigenvalue weighted by atomic mass is 19.1. The molecule has 0 radical (unpaired) electrons. The number of benzene rings is 2. The summed E-state index contributed by atoms with van der Waals surface area (Å²) in [5, 5.41) is 10.6. The molecule has 2 rings (SSSR count). The van der Waals surface area contributed by atoms with Crippen LogP contribution in [0, 0.1) is 18.6 Å². The van der Waals surface area contributed by atoms with E-state index >= 15 is 0 Å². The lowest BCUT2D eigenvalue weighted by atomic mass is 10.0. The van der Waals surface area contributed by atoms with Crippen LogP contribution in [0.3, 0.4) is 0 Å². The van der Waals surface area contributed by atoms with Crippen LogP contribution in [0.5, 0.6) is 0 Å². The highest BCUT2D eigenvalue weighted by Gasteiger charge is 2.08. The second-order valence-corrected chi connectivity index (χ2v) is 3.95. The quantitative estimate of drug-likeness (QED) is 0.817. The first-order valence-electron chi connectivity index (χ1n) is 5.26. The summed E-state index contributed by atoms with van der Waals surface area (Å²) in [6.45, 7) is 1.61. The predicted molar refractivity (Wildman–Crippen MR) is 60.9 cm³/mol. The van der Waals surface area contributed by atoms with E-state index in [2.05, 4.69) is 0 Å². The minimum Gasteiger partial charge on any atom is -0.545 e. The topological polar surface area (TPSA) is 40.1 Å². The van der Waals surface area contributed by atoms with Crippen LogP contribution in [0.2, 0.25) is 0 Å². The maximum absolute atomic E-state index is 13.7. The van der Waals surface area contributed by atoms with Gasteiger partial charge in [-0.05, 0) is 30.2 Å². The van der Waals surface area contributed by atoms with Crippen molar-refractivity contribution in [1.29, 1.82) is 0 Å². The molecule has 0 saturated heterocycles. The summed E-state index contributed by atoms with van der Waals surface area (Å²) in [7, 11) is 0. The second-order valence-electron chi connectivity index (χ2n) is 3.95. The molecule has 2 nitrogen and oxygen atoms in total. The average Bonchev–Trinajstić information content (AvgIpc) is 2.32. The summed E-state index contributed by atoms with van der Waals surface area (Å²) in [5.41, 5.74) is 0.730. The van der Waals surface area contributed by atoms with E-state index < -0.39 is 17.6 Å². The molecule has 0 aromatic heterocycles. The number of carbonyl (C=O) groups is 1. The van der Waals surface area contributed by atoms with Crippen molar-refractivity contribution in [3.63, 3.8) is 0 Å². The van der Waals surface area contributed by atoms with Crippen molar-refractivity contribution in [2.75, 3.05) is 0 Å². The molecule has 0 aliphatic carbocycles. The molecule has 0 unspecified atom stereocenters. The number of halogens is 2. The van der Waals surface area contributed by atoms with Gasteiger partial charge in [-0.15, -0.1) is 0 Å². The van der Waals surface area contributed by atoms with Crippen LogP contribution in [-0.4, -0.2) is 5.97 Å². The molecule has 0 amide bonds. The van der Waals surface area contributed by atoms with Crippen LogP contribution in [0.15, 0.2) is 36.4 Å². The van der Waals surface area contributed by atoms with E-state index in [0.29, 0.717) is 11.1 Å². The molecule has 0 saturated carbocycles. The number of carboxylic acids is 1. The Hall–Kier alpha value is -2.23. The number of rotatable bonds is 2. The van der Waals surface area contributed by atoms with Crippen LogP contribution in [-0.2, 0) is 0 Å². The van der Waals surface area contributed by atoms with Crippen molar-refractivity contribution < 1.29 is 18.7 Å². The highest BCUT2D eigenvalue weighted by Crippen LogP contribution is 2.25. The average molecular weight is 247 g/mol. The fraction of sp³-hybridized carbons (Fsp3) is 0.0714. The zero-order valence-electron chi connectivity index (χ0n) is 9.54. The summed E-state index contributed by atoms with van der Waals surface area (Å²) in [6.07, 6.45) is 0. The number of hydrogen-bond acceptors (Lipinski definition) is 2. The van der Waals surface area contributed by atoms with Gasteiger partial charge in [0.05, 0.1) is 5.97 Å². The Morgan fingerprint density at radius 1 is 1.06 bits per heavy atom. The molecule has 0 atom stereocenters. The molecule has 0 spiro atoms. The number of aryl methyl sites for hydroxylation is 1. The van der Waals surface area contributed by atoms with Gasteiger partial charge in [-0.2, -0.15) is 0 Å². The summed E-state index contributed by atoms with van der Waals surface area (Å²) >= 11 is 0. The zero-order valence-corrected chi connectivity index (χ0v) is 9.54. The Bertz CT molecular complexity index is 621. The normalized spacial score (nSPS) is 10.4. The molecule has 0 N–H and O–H groups in total. The smallest absolute Gasteiger partial charge is 0.131 e. The van der Waals surface area contributed by atoms with Crippen LogP contribution in [0.25, 0.3) is 11.1 Å². The minimum absolute atomic E-state index is 0.152. The Labute approximate surface area is 103 Å². The van der Waals surface area contributed by atoms with E-state index in [1.54, 1.807) is 13.0 Å². The van der Waals surface area contributed by atoms with E-state index in [1.807, 2.05) is 0 Å². The number of carbonyl (C=O) groups excluding carboxylic acids is 1. The molecule has 92 valence electrons. The standard InChI is InChI=1S/C14H10F2O2/c1-8-2-3-9(6-12(8)15)11-5-4-10(14(17)18)7-13(11)16/h2-7H,1H3,(H,17,18)/p-1. The van der Waals surface area contributed by atoms with Crippen LogP contribution in [0.4, 0.5) is 8.78 Å². The van der Waals surface area contributed by atoms with Gasteiger partial charge in [-0.25, -0.2) is 8.78 Å². The molecule has 2 aromatic carbocycles. The first-order chi connectivity index (χ1) is 8.49. The maximum Gasteiger partial charge on any atom is 0.131 e. The lowest BCUT2D eigenvalue weighted by Crippen LogP contribution is -2.22. The Morgan fingerprint density at radius 3 is 2.33 bits per heavy atom. The second kappa shape index (κ2) is 4.56. The van der Waals surface area contributed by atoms with Gasteiger partial charge in [0.2, 0.25) is 0 Å². The summed E-state index contributed by atoms with van der Waals surface area (Å²) in [5.74, 6) is -2.61. The van der Waals surface area contributed by atoms with Gasteiger partial charge in [0, 0.05) is 11.1 Å². The molecule has 0 aliphatic heterocycles. The summed E-state index contributed by atoms with van der Waals surface area (Å²) in [4.78, 5) is 10.6. The Morgan fingerprint density at radius 2 is 1.78 bits per heavy atom. The molecule has 0 fully saturated rings. The van der Waals surface area contributed by atoms with Gasteiger partial charge in [-0.1, -0.05) is 24.3 Å². The zero-order chi connectivity index (χ0) is 13.3. The van der Waals surface area contributed by atoms with Crippen LogP contribution >= 0.6 is 0 Å². The van der Waals surface area contributed by atoms with Gasteiger partial charge in [0.25, 0.3) is 0 Å². The van der Waals surface area contributed by atoms with E-state index in [9.17, 15) is 18.7 Å². The van der Waals surface area contributed by atoms with Crippen molar-refractivity contribution in [1.82, 2.24) is 0 Å². The van der Waals surface area contributed by atoms with Crippen molar-refractivity contribution in [3.05, 3.63) is 59.2 Å². The number of aromatic carboxylic acids is 1. The molecule has 0 bridgehead atoms. The molecule has 0 aliphatic rings. The first kappa shape index (κ1) is 12.2. The third kappa shape index (κ3) is 2.22. The van der Waals surface area contributed by atoms with Gasteiger partial charge in [-0.3, -0.25) is 0 Å². The SMILES string of the molecule is Cc1ccc(-c2ccc(C(=O)[O-])cc2F)cc1F. The molecule has 0 heterocycles. The largest absolute Gasteiger partial charge is 0.545 e. The van der Waals surface area contributed by atoms with Gasteiger partial charge in [0.15, 0.2) is 0 Å². The Kier molecular flexibility index (Phi) is 3.10. The lowest BCUT2D eigenvalue weighted by Gasteiger charge is -2.08. The monoisotopic (exact) mass is 247 g/mol. The molecule has 2 aromatic rings. The van der Waals surface area contributed by atoms with E-state index in [-0.39, 0.29) is 11.1 Å². The lowest BCUT2D eigenvalue weighted by molar-refractivity contribution is -0.255. The maximum atomic E-state index is 13.7. The highest BCUT2D eigenvalue weighted by molar-refractivity contribution is 5.86. The summed E-state index contributed by atoms with van der Waals surface area (Å²) < 4.78 is 27.1. The molecular weight excluding hydrogens is 238 g/mol. The van der Waals surface area contributed by atoms with Gasteiger partial charge in [0.1, 0.15) is 11.6 Å². The van der Waals surface area contributed by atoms with Crippen LogP contribution in [0.1, 0.15) is 15.9 Å². The van der Waals surface area contributed by atoms with Crippen LogP contribution < -0.4 is 5.11 Å². The predicted octanol–water partition coefficient (Wildman–Crippen LogP) is 2.30. The third-order valence-electron chi connectivity index (χ3n) is 2.69. The van der Waals surface area contributed by atoms with Gasteiger partial charge >= 0.3 is 0 Å². The van der Waals surface area contributed by atoms with E-state index in [1.165, 1.54) is 24.3 Å². The van der Waals surface area contributed by atoms with E-state index in [0.717, 1.165) is 6.07 Å². The third-order valence-corrected chi connectivity index (χ3v) is 2.69. The van der Waals surface area contributed by atoms with Gasteiger partial charge < -0.3 is 9.90 Å². The Balaban J connectivity index is 2.51. The molecule has 4 heteroatoms. The van der Waals surface area contributed by atoms with E-state index in [4.69, 9.17) is 0 Å². The van der Waals surface area contributed by atoms with Crippen molar-refractivity contribution >= 4 is 5.97 Å². The fourth-order valence-corrected chi connectivity index (χ4v) is 1.64.